The van der Waals surface area contributed by atoms with Crippen molar-refractivity contribution in [1.82, 2.24) is 9.80 Å². The standard InChI is InChI=1S/C19H24N2O2/c1-20-16-10-6-14-21(17(16)9-5-11-18(20)22)19(23)13-12-15-7-3-2-4-8-15/h2-4,7-8,12-13,16-17H,5-6,9-11,14H2,1H3/b13-12+/t16-,17-/m1/s1. The maximum atomic E-state index is 12.7. The van der Waals surface area contributed by atoms with Crippen molar-refractivity contribution >= 4 is 17.9 Å². The van der Waals surface area contributed by atoms with Gasteiger partial charge in [-0.2, -0.15) is 0 Å². The summed E-state index contributed by atoms with van der Waals surface area (Å²) >= 11 is 0. The van der Waals surface area contributed by atoms with Crippen molar-refractivity contribution in [3.05, 3.63) is 42.0 Å². The van der Waals surface area contributed by atoms with Gasteiger partial charge in [0.25, 0.3) is 0 Å². The normalized spacial score (nSPS) is 25.3. The Bertz CT molecular complexity index is 597. The highest BCUT2D eigenvalue weighted by Gasteiger charge is 2.38. The van der Waals surface area contributed by atoms with Crippen molar-refractivity contribution in [1.29, 1.82) is 0 Å². The van der Waals surface area contributed by atoms with Crippen molar-refractivity contribution in [2.75, 3.05) is 13.6 Å². The third-order valence-electron chi connectivity index (χ3n) is 5.03. The zero-order valence-corrected chi connectivity index (χ0v) is 13.6. The van der Waals surface area contributed by atoms with Crippen LogP contribution in [0.2, 0.25) is 0 Å². The fourth-order valence-electron chi connectivity index (χ4n) is 3.76. The van der Waals surface area contributed by atoms with Crippen LogP contribution < -0.4 is 0 Å². The van der Waals surface area contributed by atoms with Gasteiger partial charge >= 0.3 is 0 Å². The lowest BCUT2D eigenvalue weighted by molar-refractivity contribution is -0.137. The van der Waals surface area contributed by atoms with E-state index in [9.17, 15) is 9.59 Å². The predicted molar refractivity (Wildman–Crippen MR) is 90.6 cm³/mol. The molecule has 0 radical (unpaired) electrons. The highest BCUT2D eigenvalue weighted by Crippen LogP contribution is 2.29. The molecule has 2 aliphatic heterocycles. The summed E-state index contributed by atoms with van der Waals surface area (Å²) in [5.74, 6) is 0.276. The Morgan fingerprint density at radius 1 is 1.13 bits per heavy atom. The van der Waals surface area contributed by atoms with E-state index in [1.165, 1.54) is 0 Å². The molecule has 4 heteroatoms. The fourth-order valence-corrected chi connectivity index (χ4v) is 3.76. The first kappa shape index (κ1) is 15.8. The summed E-state index contributed by atoms with van der Waals surface area (Å²) < 4.78 is 0. The number of rotatable bonds is 2. The molecule has 2 fully saturated rings. The molecule has 4 nitrogen and oxygen atoms in total. The second kappa shape index (κ2) is 6.99. The lowest BCUT2D eigenvalue weighted by Crippen LogP contribution is -2.55. The van der Waals surface area contributed by atoms with Crippen LogP contribution in [0, 0.1) is 0 Å². The van der Waals surface area contributed by atoms with E-state index >= 15 is 0 Å². The highest BCUT2D eigenvalue weighted by molar-refractivity contribution is 5.92. The van der Waals surface area contributed by atoms with Crippen LogP contribution in [0.25, 0.3) is 6.08 Å². The number of hydrogen-bond acceptors (Lipinski definition) is 2. The quantitative estimate of drug-likeness (QED) is 0.788. The van der Waals surface area contributed by atoms with Crippen LogP contribution in [0.4, 0.5) is 0 Å². The lowest BCUT2D eigenvalue weighted by atomic mass is 9.92. The number of nitrogens with zero attached hydrogens (tertiary/aromatic N) is 2. The Morgan fingerprint density at radius 3 is 2.65 bits per heavy atom. The average Bonchev–Trinajstić information content (AvgIpc) is 2.73. The number of carbonyl (C=O) groups excluding carboxylic acids is 2. The summed E-state index contributed by atoms with van der Waals surface area (Å²) in [5, 5.41) is 0. The lowest BCUT2D eigenvalue weighted by Gasteiger charge is -2.43. The van der Waals surface area contributed by atoms with Gasteiger partial charge in [-0.25, -0.2) is 0 Å². The van der Waals surface area contributed by atoms with E-state index in [0.29, 0.717) is 6.42 Å². The van der Waals surface area contributed by atoms with Gasteiger partial charge in [0.05, 0.1) is 12.1 Å². The third-order valence-corrected chi connectivity index (χ3v) is 5.03. The molecule has 2 heterocycles. The van der Waals surface area contributed by atoms with Crippen LogP contribution in [0.3, 0.4) is 0 Å². The number of likely N-dealkylation sites (N-methyl/N-ethyl adjacent to an activating group) is 1. The molecule has 1 aromatic carbocycles. The number of hydrogen-bond donors (Lipinski definition) is 0. The molecule has 2 amide bonds. The Hall–Kier alpha value is -2.10. The Kier molecular flexibility index (Phi) is 4.79. The monoisotopic (exact) mass is 312 g/mol. The molecule has 0 unspecified atom stereocenters. The second-order valence-corrected chi connectivity index (χ2v) is 6.45. The summed E-state index contributed by atoms with van der Waals surface area (Å²) in [6.07, 6.45) is 7.90. The average molecular weight is 312 g/mol. The van der Waals surface area contributed by atoms with Gasteiger partial charge in [0.15, 0.2) is 0 Å². The van der Waals surface area contributed by atoms with Crippen molar-refractivity contribution in [2.45, 2.75) is 44.2 Å². The number of amides is 2. The smallest absolute Gasteiger partial charge is 0.246 e. The summed E-state index contributed by atoms with van der Waals surface area (Å²) in [6, 6.07) is 10.2. The van der Waals surface area contributed by atoms with Crippen molar-refractivity contribution in [3.8, 4) is 0 Å². The van der Waals surface area contributed by atoms with Crippen LogP contribution in [0.5, 0.6) is 0 Å². The number of carbonyl (C=O) groups is 2. The van der Waals surface area contributed by atoms with Gasteiger partial charge in [-0.3, -0.25) is 9.59 Å². The van der Waals surface area contributed by atoms with Crippen molar-refractivity contribution in [2.24, 2.45) is 0 Å². The van der Waals surface area contributed by atoms with E-state index in [0.717, 1.165) is 37.8 Å². The van der Waals surface area contributed by atoms with Crippen LogP contribution >= 0.6 is 0 Å². The van der Waals surface area contributed by atoms with Gasteiger partial charge < -0.3 is 9.80 Å². The molecule has 0 aliphatic carbocycles. The van der Waals surface area contributed by atoms with E-state index < -0.39 is 0 Å². The molecule has 0 N–H and O–H groups in total. The summed E-state index contributed by atoms with van der Waals surface area (Å²) in [5.41, 5.74) is 1.03. The molecule has 2 aliphatic rings. The molecule has 0 spiro atoms. The maximum Gasteiger partial charge on any atom is 0.246 e. The highest BCUT2D eigenvalue weighted by atomic mass is 16.2. The van der Waals surface area contributed by atoms with E-state index in [4.69, 9.17) is 0 Å². The predicted octanol–water partition coefficient (Wildman–Crippen LogP) is 2.70. The van der Waals surface area contributed by atoms with Crippen LogP contribution in [-0.2, 0) is 9.59 Å². The van der Waals surface area contributed by atoms with E-state index in [1.807, 2.05) is 53.3 Å². The van der Waals surface area contributed by atoms with Gasteiger partial charge in [0.1, 0.15) is 0 Å². The summed E-state index contributed by atoms with van der Waals surface area (Å²) in [4.78, 5) is 28.6. The summed E-state index contributed by atoms with van der Waals surface area (Å²) in [6.45, 7) is 0.793. The van der Waals surface area contributed by atoms with Gasteiger partial charge in [-0.05, 0) is 37.3 Å². The van der Waals surface area contributed by atoms with E-state index in [2.05, 4.69) is 0 Å². The molecule has 23 heavy (non-hydrogen) atoms. The molecule has 0 bridgehead atoms. The maximum absolute atomic E-state index is 12.7. The van der Waals surface area contributed by atoms with Gasteiger partial charge in [-0.15, -0.1) is 0 Å². The van der Waals surface area contributed by atoms with E-state index in [-0.39, 0.29) is 23.9 Å². The van der Waals surface area contributed by atoms with E-state index in [1.54, 1.807) is 6.08 Å². The van der Waals surface area contributed by atoms with Crippen molar-refractivity contribution < 1.29 is 9.59 Å². The number of likely N-dealkylation sites (tertiary alicyclic amines) is 2. The third kappa shape index (κ3) is 3.46. The molecule has 3 rings (SSSR count). The number of piperidine rings is 1. The largest absolute Gasteiger partial charge is 0.341 e. The Balaban J connectivity index is 1.74. The molecule has 0 saturated carbocycles. The van der Waals surface area contributed by atoms with Gasteiger partial charge in [0.2, 0.25) is 11.8 Å². The molecule has 122 valence electrons. The minimum absolute atomic E-state index is 0.0614. The first-order valence-electron chi connectivity index (χ1n) is 8.46. The molecular weight excluding hydrogens is 288 g/mol. The van der Waals surface area contributed by atoms with Gasteiger partial charge in [-0.1, -0.05) is 30.3 Å². The minimum Gasteiger partial charge on any atom is -0.341 e. The van der Waals surface area contributed by atoms with Crippen LogP contribution in [0.15, 0.2) is 36.4 Å². The zero-order valence-electron chi connectivity index (χ0n) is 13.6. The summed E-state index contributed by atoms with van der Waals surface area (Å²) in [7, 11) is 1.89. The second-order valence-electron chi connectivity index (χ2n) is 6.45. The fraction of sp³-hybridized carbons (Fsp3) is 0.474. The van der Waals surface area contributed by atoms with Gasteiger partial charge in [0, 0.05) is 26.1 Å². The number of fused-ring (bicyclic) bond motifs is 1. The van der Waals surface area contributed by atoms with Crippen LogP contribution in [-0.4, -0.2) is 47.3 Å². The number of benzene rings is 1. The molecular formula is C19H24N2O2. The Morgan fingerprint density at radius 2 is 1.87 bits per heavy atom. The Labute approximate surface area is 137 Å². The molecule has 0 aromatic heterocycles. The molecule has 1 aromatic rings. The first-order valence-corrected chi connectivity index (χ1v) is 8.46. The van der Waals surface area contributed by atoms with Crippen LogP contribution in [0.1, 0.15) is 37.7 Å². The minimum atomic E-state index is 0.0614. The zero-order chi connectivity index (χ0) is 16.2. The molecule has 2 atom stereocenters. The molecule has 2 saturated heterocycles. The topological polar surface area (TPSA) is 40.6 Å². The SMILES string of the molecule is CN1C(=O)CCC[C@@H]2[C@H]1CCCN2C(=O)/C=C/c1ccccc1. The van der Waals surface area contributed by atoms with Crippen molar-refractivity contribution in [3.63, 3.8) is 0 Å². The first-order chi connectivity index (χ1) is 11.2.